The number of aliphatic hydroxyl groups excluding tert-OH is 3. The van der Waals surface area contributed by atoms with Crippen LogP contribution in [0.15, 0.2) is 24.3 Å². The quantitative estimate of drug-likeness (QED) is 0.293. The van der Waals surface area contributed by atoms with Crippen molar-refractivity contribution in [1.29, 1.82) is 0 Å². The zero-order valence-corrected chi connectivity index (χ0v) is 15.7. The molecular formula is C20H34O6. The molecule has 0 unspecified atom stereocenters. The van der Waals surface area contributed by atoms with E-state index in [4.69, 9.17) is 9.84 Å². The molecular weight excluding hydrogens is 336 g/mol. The van der Waals surface area contributed by atoms with Gasteiger partial charge in [0.25, 0.3) is 0 Å². The first-order valence-corrected chi connectivity index (χ1v) is 9.68. The lowest BCUT2D eigenvalue weighted by molar-refractivity contribution is -0.137. The fraction of sp³-hybridized carbons (Fsp3) is 0.750. The lowest BCUT2D eigenvalue weighted by Crippen LogP contribution is -2.24. The summed E-state index contributed by atoms with van der Waals surface area (Å²) in [7, 11) is 0. The molecule has 1 fully saturated rings. The third kappa shape index (κ3) is 9.48. The molecule has 1 aliphatic rings. The van der Waals surface area contributed by atoms with Crippen LogP contribution in [0.2, 0.25) is 0 Å². The minimum absolute atomic E-state index is 0.151. The Kier molecular flexibility index (Phi) is 11.4. The Morgan fingerprint density at radius 2 is 1.96 bits per heavy atom. The highest BCUT2D eigenvalue weighted by molar-refractivity contribution is 5.66. The largest absolute Gasteiger partial charge is 0.481 e. The molecule has 150 valence electrons. The summed E-state index contributed by atoms with van der Waals surface area (Å²) in [6.45, 7) is 2.11. The summed E-state index contributed by atoms with van der Waals surface area (Å²) < 4.78 is 5.73. The fourth-order valence-electron chi connectivity index (χ4n) is 2.98. The number of carbonyl (C=O) groups is 1. The van der Waals surface area contributed by atoms with Crippen molar-refractivity contribution in [1.82, 2.24) is 0 Å². The Bertz CT molecular complexity index is 448. The van der Waals surface area contributed by atoms with Crippen LogP contribution in [0.25, 0.3) is 0 Å². The Balaban J connectivity index is 2.30. The van der Waals surface area contributed by atoms with Crippen molar-refractivity contribution < 1.29 is 30.0 Å². The van der Waals surface area contributed by atoms with Gasteiger partial charge in [0, 0.05) is 12.8 Å². The van der Waals surface area contributed by atoms with Crippen molar-refractivity contribution in [3.63, 3.8) is 0 Å². The van der Waals surface area contributed by atoms with Crippen molar-refractivity contribution in [3.05, 3.63) is 24.3 Å². The van der Waals surface area contributed by atoms with E-state index < -0.39 is 30.4 Å². The molecule has 6 nitrogen and oxygen atoms in total. The predicted molar refractivity (Wildman–Crippen MR) is 99.8 cm³/mol. The van der Waals surface area contributed by atoms with E-state index in [1.54, 1.807) is 12.2 Å². The molecule has 1 heterocycles. The molecule has 0 radical (unpaired) electrons. The van der Waals surface area contributed by atoms with E-state index in [1.807, 2.05) is 12.2 Å². The minimum Gasteiger partial charge on any atom is -0.481 e. The molecule has 0 aliphatic carbocycles. The molecule has 26 heavy (non-hydrogen) atoms. The molecule has 1 aliphatic heterocycles. The standard InChI is InChI=1S/C20H34O6/c1-2-3-6-9-15(21)12-13-16(22)19-14-17(23)18(26-19)10-7-4-5-8-11-20(24)25/h4,7,12-13,15-19,21-23H,2-3,5-6,8-11,14H2,1H3,(H,24,25)/b7-4-,13-12+/t15-,16+,17-,18+,19-/m0/s1. The van der Waals surface area contributed by atoms with Crippen LogP contribution in [0.3, 0.4) is 0 Å². The first-order valence-electron chi connectivity index (χ1n) is 9.68. The first-order chi connectivity index (χ1) is 12.4. The van der Waals surface area contributed by atoms with Crippen LogP contribution in [0.4, 0.5) is 0 Å². The Labute approximate surface area is 156 Å². The van der Waals surface area contributed by atoms with Crippen LogP contribution in [-0.4, -0.2) is 56.9 Å². The lowest BCUT2D eigenvalue weighted by atomic mass is 10.0. The number of allylic oxidation sites excluding steroid dienone is 1. The summed E-state index contributed by atoms with van der Waals surface area (Å²) in [5, 5.41) is 38.7. The molecule has 0 aromatic carbocycles. The van der Waals surface area contributed by atoms with Crippen molar-refractivity contribution >= 4 is 5.97 Å². The Morgan fingerprint density at radius 1 is 1.19 bits per heavy atom. The number of carboxylic acids is 1. The normalized spacial score (nSPS) is 25.9. The maximum absolute atomic E-state index is 10.4. The van der Waals surface area contributed by atoms with Crippen molar-refractivity contribution in [2.45, 2.75) is 95.2 Å². The number of aliphatic hydroxyl groups is 3. The smallest absolute Gasteiger partial charge is 0.303 e. The number of aliphatic carboxylic acids is 1. The minimum atomic E-state index is -0.852. The number of ether oxygens (including phenoxy) is 1. The van der Waals surface area contributed by atoms with E-state index in [2.05, 4.69) is 6.92 Å². The van der Waals surface area contributed by atoms with Crippen LogP contribution in [0.1, 0.15) is 64.7 Å². The van der Waals surface area contributed by atoms with E-state index in [0.717, 1.165) is 19.3 Å². The van der Waals surface area contributed by atoms with E-state index in [1.165, 1.54) is 0 Å². The average Bonchev–Trinajstić information content (AvgIpc) is 2.97. The predicted octanol–water partition coefficient (Wildman–Crippen LogP) is 2.56. The SMILES string of the molecule is CCCCC[C@H](O)/C=C/[C@@H](O)[C@@H]1C[C@H](O)[C@@H](C/C=C\CCCC(=O)O)O1. The fourth-order valence-corrected chi connectivity index (χ4v) is 2.98. The number of hydrogen-bond acceptors (Lipinski definition) is 5. The van der Waals surface area contributed by atoms with Gasteiger partial charge in [-0.2, -0.15) is 0 Å². The number of carboxylic acid groups (broad SMARTS) is 1. The summed E-state index contributed by atoms with van der Waals surface area (Å²) in [5.74, 6) is -0.798. The van der Waals surface area contributed by atoms with Gasteiger partial charge in [0.15, 0.2) is 0 Å². The number of hydrogen-bond donors (Lipinski definition) is 4. The summed E-state index contributed by atoms with van der Waals surface area (Å²) in [6, 6.07) is 0. The highest BCUT2D eigenvalue weighted by Crippen LogP contribution is 2.26. The highest BCUT2D eigenvalue weighted by atomic mass is 16.5. The molecule has 4 N–H and O–H groups in total. The topological polar surface area (TPSA) is 107 Å². The van der Waals surface area contributed by atoms with Gasteiger partial charge >= 0.3 is 5.97 Å². The van der Waals surface area contributed by atoms with Crippen LogP contribution < -0.4 is 0 Å². The third-order valence-corrected chi connectivity index (χ3v) is 4.56. The monoisotopic (exact) mass is 370 g/mol. The van der Waals surface area contributed by atoms with Gasteiger partial charge in [-0.3, -0.25) is 4.79 Å². The van der Waals surface area contributed by atoms with E-state index >= 15 is 0 Å². The number of unbranched alkanes of at least 4 members (excludes halogenated alkanes) is 3. The van der Waals surface area contributed by atoms with E-state index in [-0.39, 0.29) is 12.5 Å². The van der Waals surface area contributed by atoms with Gasteiger partial charge in [0.2, 0.25) is 0 Å². The summed E-state index contributed by atoms with van der Waals surface area (Å²) in [4.78, 5) is 10.4. The Morgan fingerprint density at radius 3 is 2.65 bits per heavy atom. The summed E-state index contributed by atoms with van der Waals surface area (Å²) >= 11 is 0. The van der Waals surface area contributed by atoms with Gasteiger partial charge in [0.1, 0.15) is 0 Å². The first kappa shape index (κ1) is 22.8. The molecule has 1 rings (SSSR count). The van der Waals surface area contributed by atoms with Gasteiger partial charge in [-0.1, -0.05) is 50.5 Å². The summed E-state index contributed by atoms with van der Waals surface area (Å²) in [6.07, 6.45) is 10.2. The molecule has 6 heteroatoms. The highest BCUT2D eigenvalue weighted by Gasteiger charge is 2.36. The second-order valence-corrected chi connectivity index (χ2v) is 6.95. The molecule has 0 saturated carbocycles. The van der Waals surface area contributed by atoms with Crippen LogP contribution in [-0.2, 0) is 9.53 Å². The van der Waals surface area contributed by atoms with Gasteiger partial charge in [0.05, 0.1) is 30.5 Å². The molecule has 1 saturated heterocycles. The third-order valence-electron chi connectivity index (χ3n) is 4.56. The molecule has 0 amide bonds. The van der Waals surface area contributed by atoms with Gasteiger partial charge < -0.3 is 25.2 Å². The maximum Gasteiger partial charge on any atom is 0.303 e. The molecule has 0 spiro atoms. The second kappa shape index (κ2) is 13.0. The van der Waals surface area contributed by atoms with Crippen molar-refractivity contribution in [2.24, 2.45) is 0 Å². The molecule has 0 aromatic rings. The lowest BCUT2D eigenvalue weighted by Gasteiger charge is -2.16. The zero-order chi connectivity index (χ0) is 19.4. The van der Waals surface area contributed by atoms with E-state index in [0.29, 0.717) is 32.1 Å². The summed E-state index contributed by atoms with van der Waals surface area (Å²) in [5.41, 5.74) is 0. The van der Waals surface area contributed by atoms with Gasteiger partial charge in [-0.15, -0.1) is 0 Å². The maximum atomic E-state index is 10.4. The van der Waals surface area contributed by atoms with E-state index in [9.17, 15) is 20.1 Å². The van der Waals surface area contributed by atoms with Crippen LogP contribution in [0, 0.1) is 0 Å². The van der Waals surface area contributed by atoms with Crippen molar-refractivity contribution in [2.75, 3.05) is 0 Å². The van der Waals surface area contributed by atoms with Crippen LogP contribution >= 0.6 is 0 Å². The van der Waals surface area contributed by atoms with Crippen molar-refractivity contribution in [3.8, 4) is 0 Å². The second-order valence-electron chi connectivity index (χ2n) is 6.95. The number of rotatable bonds is 13. The van der Waals surface area contributed by atoms with Crippen LogP contribution in [0.5, 0.6) is 0 Å². The average molecular weight is 370 g/mol. The molecule has 0 aromatic heterocycles. The molecule has 5 atom stereocenters. The zero-order valence-electron chi connectivity index (χ0n) is 15.7. The Hall–Kier alpha value is -1.21. The molecule has 0 bridgehead atoms. The van der Waals surface area contributed by atoms with Gasteiger partial charge in [-0.25, -0.2) is 0 Å². The van der Waals surface area contributed by atoms with Gasteiger partial charge in [-0.05, 0) is 25.7 Å².